The lowest BCUT2D eigenvalue weighted by Gasteiger charge is -2.43. The quantitative estimate of drug-likeness (QED) is 0.222. The summed E-state index contributed by atoms with van der Waals surface area (Å²) in [4.78, 5) is 0. The highest BCUT2D eigenvalue weighted by atomic mass is 79.9. The molecule has 0 bridgehead atoms. The molecule has 0 spiro atoms. The van der Waals surface area contributed by atoms with Crippen LogP contribution in [0.1, 0.15) is 72.9 Å². The van der Waals surface area contributed by atoms with Crippen LogP contribution in [0.15, 0.2) is 57.5 Å². The Morgan fingerprint density at radius 2 is 1.06 bits per heavy atom. The van der Waals surface area contributed by atoms with Crippen molar-refractivity contribution in [1.29, 1.82) is 0 Å². The van der Waals surface area contributed by atoms with Crippen LogP contribution in [0.3, 0.4) is 0 Å². The highest BCUT2D eigenvalue weighted by molar-refractivity contribution is 9.10. The predicted molar refractivity (Wildman–Crippen MR) is 155 cm³/mol. The van der Waals surface area contributed by atoms with Gasteiger partial charge in [0, 0.05) is 15.6 Å². The summed E-state index contributed by atoms with van der Waals surface area (Å²) in [5.41, 5.74) is 4.87. The number of halogens is 2. The van der Waals surface area contributed by atoms with E-state index in [2.05, 4.69) is 136 Å². The van der Waals surface area contributed by atoms with E-state index in [1.165, 1.54) is 11.1 Å². The molecule has 0 heterocycles. The molecule has 4 heteroatoms. The van der Waals surface area contributed by atoms with E-state index in [-0.39, 0.29) is 5.41 Å². The van der Waals surface area contributed by atoms with Crippen LogP contribution in [0.4, 0.5) is 0 Å². The lowest BCUT2D eigenvalue weighted by atomic mass is 9.71. The third-order valence-corrected chi connectivity index (χ3v) is 14.9. The van der Waals surface area contributed by atoms with Crippen molar-refractivity contribution in [3.05, 3.63) is 68.6 Å². The second kappa shape index (κ2) is 12.5. The number of rotatable bonds is 12. The molecule has 2 aromatic rings. The van der Waals surface area contributed by atoms with Gasteiger partial charge in [0.25, 0.3) is 0 Å². The van der Waals surface area contributed by atoms with Gasteiger partial charge in [-0.3, -0.25) is 0 Å². The summed E-state index contributed by atoms with van der Waals surface area (Å²) >= 11 is 7.16. The molecule has 0 unspecified atom stereocenters. The predicted octanol–water partition coefficient (Wildman–Crippen LogP) is 10.2. The Bertz CT molecular complexity index is 772. The highest BCUT2D eigenvalue weighted by Crippen LogP contribution is 2.43. The third-order valence-electron chi connectivity index (χ3n) is 7.70. The Balaban J connectivity index is 2.22. The molecule has 0 saturated heterocycles. The Morgan fingerprint density at radius 3 is 1.39 bits per heavy atom. The zero-order valence-electron chi connectivity index (χ0n) is 21.9. The Hall–Kier alpha value is -0.423. The number of hydrogen-bond donors (Lipinski definition) is 0. The molecule has 2 rings (SSSR count). The lowest BCUT2D eigenvalue weighted by Crippen LogP contribution is -2.48. The van der Waals surface area contributed by atoms with Gasteiger partial charge < -0.3 is 4.43 Å². The van der Waals surface area contributed by atoms with Crippen LogP contribution in [0.2, 0.25) is 16.6 Å². The fraction of sp³-hybridized carbons (Fsp3) is 0.586. The normalized spacial score (nSPS) is 13.0. The van der Waals surface area contributed by atoms with Gasteiger partial charge in [-0.05, 0) is 82.6 Å². The van der Waals surface area contributed by atoms with Crippen LogP contribution in [0.5, 0.6) is 0 Å². The monoisotopic (exact) mass is 594 g/mol. The molecule has 0 aliphatic heterocycles. The van der Waals surface area contributed by atoms with Gasteiger partial charge in [-0.25, -0.2) is 0 Å². The van der Waals surface area contributed by atoms with Crippen LogP contribution in [-0.4, -0.2) is 14.9 Å². The molecule has 0 aliphatic carbocycles. The van der Waals surface area contributed by atoms with Crippen LogP contribution >= 0.6 is 31.9 Å². The van der Waals surface area contributed by atoms with Crippen molar-refractivity contribution in [1.82, 2.24) is 0 Å². The van der Waals surface area contributed by atoms with E-state index >= 15 is 0 Å². The second-order valence-electron chi connectivity index (χ2n) is 11.3. The fourth-order valence-corrected chi connectivity index (χ4v) is 11.6. The minimum atomic E-state index is -1.83. The first-order chi connectivity index (χ1) is 15.4. The first-order valence-electron chi connectivity index (χ1n) is 12.5. The van der Waals surface area contributed by atoms with Crippen molar-refractivity contribution in [2.45, 2.75) is 91.3 Å². The maximum absolute atomic E-state index is 6.96. The molecule has 0 amide bonds. The molecular weight excluding hydrogens is 552 g/mol. The zero-order valence-corrected chi connectivity index (χ0v) is 26.1. The van der Waals surface area contributed by atoms with Crippen molar-refractivity contribution in [2.24, 2.45) is 11.3 Å². The highest BCUT2D eigenvalue weighted by Gasteiger charge is 2.45. The molecule has 33 heavy (non-hydrogen) atoms. The summed E-state index contributed by atoms with van der Waals surface area (Å²) in [6.07, 6.45) is 3.25. The van der Waals surface area contributed by atoms with Crippen molar-refractivity contribution in [2.75, 3.05) is 6.61 Å². The number of hydrogen-bond acceptors (Lipinski definition) is 1. The van der Waals surface area contributed by atoms with Crippen LogP contribution in [0, 0.1) is 11.3 Å². The summed E-state index contributed by atoms with van der Waals surface area (Å²) in [5.74, 6) is 0.539. The first-order valence-corrected chi connectivity index (χ1v) is 16.2. The van der Waals surface area contributed by atoms with Gasteiger partial charge in [-0.15, -0.1) is 0 Å². The van der Waals surface area contributed by atoms with E-state index in [9.17, 15) is 0 Å². The van der Waals surface area contributed by atoms with Crippen LogP contribution < -0.4 is 0 Å². The van der Waals surface area contributed by atoms with E-state index in [0.717, 1.165) is 34.8 Å². The molecule has 2 aromatic carbocycles. The Morgan fingerprint density at radius 1 is 0.697 bits per heavy atom. The average Bonchev–Trinajstić information content (AvgIpc) is 2.73. The van der Waals surface area contributed by atoms with Gasteiger partial charge in [0.05, 0.1) is 0 Å². The maximum Gasteiger partial charge on any atom is 0.200 e. The largest absolute Gasteiger partial charge is 0.416 e. The minimum Gasteiger partial charge on any atom is -0.416 e. The van der Waals surface area contributed by atoms with Crippen molar-refractivity contribution < 1.29 is 4.43 Å². The molecule has 0 aliphatic rings. The molecule has 0 atom stereocenters. The maximum atomic E-state index is 6.96. The molecular formula is C29H44Br2OSi. The zero-order chi connectivity index (χ0) is 24.8. The third kappa shape index (κ3) is 7.78. The summed E-state index contributed by atoms with van der Waals surface area (Å²) in [6, 6.07) is 17.7. The molecule has 1 nitrogen and oxygen atoms in total. The van der Waals surface area contributed by atoms with E-state index in [1.807, 2.05) is 0 Å². The molecule has 0 radical (unpaired) electrons. The van der Waals surface area contributed by atoms with Gasteiger partial charge in [0.2, 0.25) is 0 Å². The summed E-state index contributed by atoms with van der Waals surface area (Å²) in [6.45, 7) is 20.0. The van der Waals surface area contributed by atoms with Gasteiger partial charge in [0.1, 0.15) is 0 Å². The molecule has 0 N–H and O–H groups in total. The van der Waals surface area contributed by atoms with Crippen LogP contribution in [0.25, 0.3) is 0 Å². The Kier molecular flexibility index (Phi) is 10.9. The van der Waals surface area contributed by atoms with E-state index in [4.69, 9.17) is 4.43 Å². The van der Waals surface area contributed by atoms with E-state index in [1.54, 1.807) is 0 Å². The Labute approximate surface area is 221 Å². The summed E-state index contributed by atoms with van der Waals surface area (Å²) < 4.78 is 9.24. The average molecular weight is 597 g/mol. The topological polar surface area (TPSA) is 9.23 Å². The SMILES string of the molecule is CC(C)[Si](OCCC(C)(C)C(Cc1ccc(Br)cc1)Cc1ccc(Br)cc1)(C(C)C)C(C)C. The van der Waals surface area contributed by atoms with Gasteiger partial charge in [-0.1, -0.05) is 112 Å². The molecule has 0 fully saturated rings. The number of benzene rings is 2. The second-order valence-corrected chi connectivity index (χ2v) is 18.6. The van der Waals surface area contributed by atoms with Crippen LogP contribution in [-0.2, 0) is 17.3 Å². The standard InChI is InChI=1S/C29H44Br2OSi/c1-21(2)33(22(3)4,23(5)6)32-18-17-29(7,8)26(19-24-9-13-27(30)14-10-24)20-25-11-15-28(31)16-12-25/h9-16,21-23,26H,17-20H2,1-8H3. The molecule has 184 valence electrons. The van der Waals surface area contributed by atoms with Crippen molar-refractivity contribution >= 4 is 40.2 Å². The smallest absolute Gasteiger partial charge is 0.200 e. The minimum absolute atomic E-state index is 0.172. The van der Waals surface area contributed by atoms with Gasteiger partial charge >= 0.3 is 0 Å². The first kappa shape index (κ1) is 28.8. The molecule has 0 saturated carbocycles. The van der Waals surface area contributed by atoms with Gasteiger partial charge in [-0.2, -0.15) is 0 Å². The summed E-state index contributed by atoms with van der Waals surface area (Å²) in [7, 11) is -1.83. The van der Waals surface area contributed by atoms with Crippen molar-refractivity contribution in [3.63, 3.8) is 0 Å². The van der Waals surface area contributed by atoms with E-state index in [0.29, 0.717) is 22.5 Å². The van der Waals surface area contributed by atoms with Crippen molar-refractivity contribution in [3.8, 4) is 0 Å². The molecule has 0 aromatic heterocycles. The van der Waals surface area contributed by atoms with Gasteiger partial charge in [0.15, 0.2) is 8.32 Å². The lowest BCUT2D eigenvalue weighted by molar-refractivity contribution is 0.143. The summed E-state index contributed by atoms with van der Waals surface area (Å²) in [5, 5.41) is 0. The fourth-order valence-electron chi connectivity index (χ4n) is 5.63. The van der Waals surface area contributed by atoms with E-state index < -0.39 is 8.32 Å².